The average Bonchev–Trinajstić information content (AvgIpc) is 2.44. The van der Waals surface area contributed by atoms with Gasteiger partial charge in [0.05, 0.1) is 0 Å². The molecule has 122 valence electrons. The fraction of sp³-hybridized carbons (Fsp3) is 0.529. The lowest BCUT2D eigenvalue weighted by molar-refractivity contribution is -0.162. The molecule has 0 saturated heterocycles. The first-order valence-electron chi connectivity index (χ1n) is 7.38. The summed E-state index contributed by atoms with van der Waals surface area (Å²) in [6, 6.07) is 9.35. The predicted molar refractivity (Wildman–Crippen MR) is 84.3 cm³/mol. The standard InChI is InChI=1S/C17H25NO4/c1-6-17(5,14(19)22-16(2,3)4)18-15(20)21-12-13-10-8-7-9-11-13/h7-11H,6,12H2,1-5H3,(H,18,20)/t17-/m1/s1. The summed E-state index contributed by atoms with van der Waals surface area (Å²) < 4.78 is 10.5. The largest absolute Gasteiger partial charge is 0.458 e. The summed E-state index contributed by atoms with van der Waals surface area (Å²) in [6.45, 7) is 8.95. The van der Waals surface area contributed by atoms with Crippen molar-refractivity contribution < 1.29 is 19.1 Å². The molecular weight excluding hydrogens is 282 g/mol. The van der Waals surface area contributed by atoms with E-state index in [1.807, 2.05) is 30.3 Å². The molecule has 0 spiro atoms. The van der Waals surface area contributed by atoms with Crippen LogP contribution in [0.5, 0.6) is 0 Å². The maximum absolute atomic E-state index is 12.2. The fourth-order valence-corrected chi connectivity index (χ4v) is 1.66. The summed E-state index contributed by atoms with van der Waals surface area (Å²) >= 11 is 0. The van der Waals surface area contributed by atoms with Gasteiger partial charge in [0.2, 0.25) is 0 Å². The van der Waals surface area contributed by atoms with E-state index in [2.05, 4.69) is 5.32 Å². The molecule has 22 heavy (non-hydrogen) atoms. The summed E-state index contributed by atoms with van der Waals surface area (Å²) in [5, 5.41) is 2.60. The molecular formula is C17H25NO4. The summed E-state index contributed by atoms with van der Waals surface area (Å²) in [4.78, 5) is 24.1. The third-order valence-electron chi connectivity index (χ3n) is 3.15. The Kier molecular flexibility index (Phi) is 5.97. The van der Waals surface area contributed by atoms with Crippen molar-refractivity contribution in [2.75, 3.05) is 0 Å². The molecule has 0 heterocycles. The van der Waals surface area contributed by atoms with Gasteiger partial charge in [0.25, 0.3) is 0 Å². The number of esters is 1. The Bertz CT molecular complexity index is 507. The quantitative estimate of drug-likeness (QED) is 0.847. The predicted octanol–water partition coefficient (Wildman–Crippen LogP) is 3.42. The van der Waals surface area contributed by atoms with E-state index in [0.29, 0.717) is 6.42 Å². The lowest BCUT2D eigenvalue weighted by atomic mass is 9.99. The molecule has 1 rings (SSSR count). The van der Waals surface area contributed by atoms with Gasteiger partial charge in [-0.2, -0.15) is 0 Å². The second-order valence-electron chi connectivity index (χ2n) is 6.37. The number of benzene rings is 1. The number of amides is 1. The highest BCUT2D eigenvalue weighted by atomic mass is 16.6. The summed E-state index contributed by atoms with van der Waals surface area (Å²) in [5.41, 5.74) is -0.836. The van der Waals surface area contributed by atoms with Gasteiger partial charge in [-0.05, 0) is 39.7 Å². The van der Waals surface area contributed by atoms with Gasteiger partial charge < -0.3 is 14.8 Å². The third-order valence-corrected chi connectivity index (χ3v) is 3.15. The van der Waals surface area contributed by atoms with Gasteiger partial charge >= 0.3 is 12.1 Å². The molecule has 1 aromatic carbocycles. The number of hydrogen-bond donors (Lipinski definition) is 1. The Labute approximate surface area is 132 Å². The van der Waals surface area contributed by atoms with Gasteiger partial charge in [-0.3, -0.25) is 0 Å². The molecule has 5 nitrogen and oxygen atoms in total. The van der Waals surface area contributed by atoms with Crippen molar-refractivity contribution in [3.8, 4) is 0 Å². The lowest BCUT2D eigenvalue weighted by Gasteiger charge is -2.31. The Morgan fingerprint density at radius 1 is 1.09 bits per heavy atom. The Hall–Kier alpha value is -2.04. The minimum atomic E-state index is -1.11. The van der Waals surface area contributed by atoms with Crippen LogP contribution in [0.2, 0.25) is 0 Å². The van der Waals surface area contributed by atoms with Crippen LogP contribution in [0.3, 0.4) is 0 Å². The summed E-state index contributed by atoms with van der Waals surface area (Å²) in [6.07, 6.45) is -0.235. The van der Waals surface area contributed by atoms with Crippen molar-refractivity contribution in [2.24, 2.45) is 0 Å². The van der Waals surface area contributed by atoms with Crippen LogP contribution in [0, 0.1) is 0 Å². The summed E-state index contributed by atoms with van der Waals surface area (Å²) in [7, 11) is 0. The highest BCUT2D eigenvalue weighted by Gasteiger charge is 2.37. The molecule has 0 unspecified atom stereocenters. The second-order valence-corrected chi connectivity index (χ2v) is 6.37. The van der Waals surface area contributed by atoms with Crippen LogP contribution in [-0.2, 0) is 20.9 Å². The van der Waals surface area contributed by atoms with Crippen molar-refractivity contribution >= 4 is 12.1 Å². The van der Waals surface area contributed by atoms with Crippen LogP contribution in [0.25, 0.3) is 0 Å². The van der Waals surface area contributed by atoms with Gasteiger partial charge in [0.15, 0.2) is 0 Å². The van der Waals surface area contributed by atoms with Crippen LogP contribution in [0.1, 0.15) is 46.6 Å². The van der Waals surface area contributed by atoms with E-state index < -0.39 is 23.2 Å². The number of ether oxygens (including phenoxy) is 2. The van der Waals surface area contributed by atoms with Crippen LogP contribution in [0.15, 0.2) is 30.3 Å². The molecule has 1 aromatic rings. The van der Waals surface area contributed by atoms with Gasteiger partial charge in [-0.25, -0.2) is 9.59 Å². The van der Waals surface area contributed by atoms with Crippen molar-refractivity contribution in [3.63, 3.8) is 0 Å². The van der Waals surface area contributed by atoms with Gasteiger partial charge in [-0.1, -0.05) is 37.3 Å². The number of hydrogen-bond acceptors (Lipinski definition) is 4. The minimum Gasteiger partial charge on any atom is -0.458 e. The first-order valence-corrected chi connectivity index (χ1v) is 7.38. The van der Waals surface area contributed by atoms with Gasteiger partial charge in [-0.15, -0.1) is 0 Å². The zero-order valence-electron chi connectivity index (χ0n) is 13.9. The highest BCUT2D eigenvalue weighted by molar-refractivity contribution is 5.85. The van der Waals surface area contributed by atoms with E-state index >= 15 is 0 Å². The average molecular weight is 307 g/mol. The van der Waals surface area contributed by atoms with Crippen molar-refractivity contribution in [2.45, 2.75) is 58.8 Å². The van der Waals surface area contributed by atoms with E-state index in [0.717, 1.165) is 5.56 Å². The SMILES string of the molecule is CC[C@@](C)(NC(=O)OCc1ccccc1)C(=O)OC(C)(C)C. The topological polar surface area (TPSA) is 64.6 Å². The van der Waals surface area contributed by atoms with E-state index in [4.69, 9.17) is 9.47 Å². The number of nitrogens with one attached hydrogen (secondary N) is 1. The molecule has 0 fully saturated rings. The van der Waals surface area contributed by atoms with Crippen LogP contribution in [-0.4, -0.2) is 23.2 Å². The smallest absolute Gasteiger partial charge is 0.408 e. The van der Waals surface area contributed by atoms with Crippen LogP contribution < -0.4 is 5.32 Å². The maximum atomic E-state index is 12.2. The van der Waals surface area contributed by atoms with Crippen molar-refractivity contribution in [1.82, 2.24) is 5.32 Å². The minimum absolute atomic E-state index is 0.154. The number of carbonyl (C=O) groups excluding carboxylic acids is 2. The van der Waals surface area contributed by atoms with E-state index in [1.54, 1.807) is 34.6 Å². The molecule has 0 aliphatic rings. The van der Waals surface area contributed by atoms with Crippen molar-refractivity contribution in [1.29, 1.82) is 0 Å². The first-order chi connectivity index (χ1) is 10.2. The molecule has 0 bridgehead atoms. The van der Waals surface area contributed by atoms with Gasteiger partial charge in [0, 0.05) is 0 Å². The molecule has 0 aromatic heterocycles. The van der Waals surface area contributed by atoms with Crippen LogP contribution in [0.4, 0.5) is 4.79 Å². The van der Waals surface area contributed by atoms with E-state index in [1.165, 1.54) is 0 Å². The third kappa shape index (κ3) is 5.76. The van der Waals surface area contributed by atoms with Crippen molar-refractivity contribution in [3.05, 3.63) is 35.9 Å². The van der Waals surface area contributed by atoms with Gasteiger partial charge in [0.1, 0.15) is 17.7 Å². The fourth-order valence-electron chi connectivity index (χ4n) is 1.66. The Balaban J connectivity index is 2.60. The molecule has 0 aliphatic heterocycles. The first kappa shape index (κ1) is 18.0. The Morgan fingerprint density at radius 3 is 2.18 bits per heavy atom. The number of alkyl carbamates (subject to hydrolysis) is 1. The highest BCUT2D eigenvalue weighted by Crippen LogP contribution is 2.17. The maximum Gasteiger partial charge on any atom is 0.408 e. The molecule has 5 heteroatoms. The number of carbonyl (C=O) groups is 2. The molecule has 1 amide bonds. The second kappa shape index (κ2) is 7.29. The molecule has 1 atom stereocenters. The van der Waals surface area contributed by atoms with E-state index in [-0.39, 0.29) is 6.61 Å². The molecule has 0 saturated carbocycles. The van der Waals surface area contributed by atoms with E-state index in [9.17, 15) is 9.59 Å². The molecule has 0 radical (unpaired) electrons. The molecule has 0 aliphatic carbocycles. The zero-order valence-corrected chi connectivity index (χ0v) is 13.9. The molecule has 1 N–H and O–H groups in total. The number of rotatable bonds is 5. The normalized spacial score (nSPS) is 13.9. The zero-order chi connectivity index (χ0) is 16.8. The monoisotopic (exact) mass is 307 g/mol. The Morgan fingerprint density at radius 2 is 1.68 bits per heavy atom. The lowest BCUT2D eigenvalue weighted by Crippen LogP contribution is -2.54. The summed E-state index contributed by atoms with van der Waals surface area (Å²) in [5.74, 6) is -0.473. The van der Waals surface area contributed by atoms with Crippen LogP contribution >= 0.6 is 0 Å².